The van der Waals surface area contributed by atoms with Crippen LogP contribution in [-0.2, 0) is 0 Å². The van der Waals surface area contributed by atoms with E-state index < -0.39 is 0 Å². The Morgan fingerprint density at radius 2 is 2.00 bits per heavy atom. The maximum absolute atomic E-state index is 4.57. The second-order valence-corrected chi connectivity index (χ2v) is 9.29. The topological polar surface area (TPSA) is 34.0 Å². The van der Waals surface area contributed by atoms with Gasteiger partial charge in [0.2, 0.25) is 5.16 Å². The van der Waals surface area contributed by atoms with Gasteiger partial charge in [-0.05, 0) is 42.3 Å². The van der Waals surface area contributed by atoms with Crippen molar-refractivity contribution in [2.24, 2.45) is 0 Å². The first-order chi connectivity index (χ1) is 11.8. The van der Waals surface area contributed by atoms with Gasteiger partial charge in [0.25, 0.3) is 0 Å². The molecule has 124 valence electrons. The van der Waals surface area contributed by atoms with Gasteiger partial charge in [-0.2, -0.15) is 0 Å². The number of rotatable bonds is 2. The van der Waals surface area contributed by atoms with Crippen LogP contribution in [0.3, 0.4) is 0 Å². The van der Waals surface area contributed by atoms with Crippen LogP contribution >= 0.6 is 39.5 Å². The van der Waals surface area contributed by atoms with Gasteiger partial charge in [-0.3, -0.25) is 5.01 Å². The van der Waals surface area contributed by atoms with Gasteiger partial charge in [-0.25, -0.2) is 4.68 Å². The average Bonchev–Trinajstić information content (AvgIpc) is 3.26. The molecule has 0 radical (unpaired) electrons. The Balaban J connectivity index is 1.54. The monoisotopic (exact) mass is 420 g/mol. The lowest BCUT2D eigenvalue weighted by Gasteiger charge is -2.29. The third kappa shape index (κ3) is 2.44. The van der Waals surface area contributed by atoms with Crippen molar-refractivity contribution in [3.05, 3.63) is 50.6 Å². The lowest BCUT2D eigenvalue weighted by atomic mass is 9.89. The zero-order valence-electron chi connectivity index (χ0n) is 13.1. The molecule has 3 aliphatic rings. The Bertz CT molecular complexity index is 813. The largest absolute Gasteiger partial charge is 0.252 e. The third-order valence-corrected chi connectivity index (χ3v) is 7.58. The van der Waals surface area contributed by atoms with E-state index in [9.17, 15) is 0 Å². The van der Waals surface area contributed by atoms with Crippen LogP contribution in [0.2, 0.25) is 0 Å². The van der Waals surface area contributed by atoms with E-state index in [1.807, 2.05) is 11.8 Å². The molecule has 1 fully saturated rings. The second kappa shape index (κ2) is 6.11. The van der Waals surface area contributed by atoms with Crippen LogP contribution in [0.25, 0.3) is 0 Å². The maximum Gasteiger partial charge on any atom is 0.216 e. The molecule has 4 nitrogen and oxygen atoms in total. The average molecular weight is 421 g/mol. The summed E-state index contributed by atoms with van der Waals surface area (Å²) in [7, 11) is 0. The summed E-state index contributed by atoms with van der Waals surface area (Å²) in [5.74, 6) is 1.71. The lowest BCUT2D eigenvalue weighted by molar-refractivity contribution is 0.411. The number of hydrogen-bond acceptors (Lipinski definition) is 5. The fourth-order valence-electron chi connectivity index (χ4n) is 3.76. The normalized spacial score (nSPS) is 23.3. The van der Waals surface area contributed by atoms with E-state index in [-0.39, 0.29) is 5.37 Å². The van der Waals surface area contributed by atoms with Crippen LogP contribution in [0, 0.1) is 0 Å². The minimum Gasteiger partial charge on any atom is -0.252 e. The van der Waals surface area contributed by atoms with E-state index in [0.29, 0.717) is 5.92 Å². The molecule has 1 unspecified atom stereocenters. The zero-order chi connectivity index (χ0) is 16.1. The number of aromatic nitrogens is 3. The minimum absolute atomic E-state index is 0.254. The Hall–Kier alpha value is -0.920. The van der Waals surface area contributed by atoms with Gasteiger partial charge >= 0.3 is 0 Å². The number of benzene rings is 1. The molecule has 1 saturated carbocycles. The van der Waals surface area contributed by atoms with Gasteiger partial charge in [0.15, 0.2) is 5.82 Å². The highest BCUT2D eigenvalue weighted by atomic mass is 79.9. The summed E-state index contributed by atoms with van der Waals surface area (Å²) in [5.41, 5.74) is 1.30. The van der Waals surface area contributed by atoms with Gasteiger partial charge in [0, 0.05) is 15.8 Å². The first-order valence-corrected chi connectivity index (χ1v) is 10.9. The summed E-state index contributed by atoms with van der Waals surface area (Å²) in [6, 6.07) is 8.60. The van der Waals surface area contributed by atoms with E-state index >= 15 is 0 Å². The molecule has 0 N–H and O–H groups in total. The predicted octanol–water partition coefficient (Wildman–Crippen LogP) is 5.38. The molecule has 3 heterocycles. The predicted molar refractivity (Wildman–Crippen MR) is 102 cm³/mol. The smallest absolute Gasteiger partial charge is 0.216 e. The highest BCUT2D eigenvalue weighted by molar-refractivity contribution is 9.10. The highest BCUT2D eigenvalue weighted by Gasteiger charge is 2.41. The van der Waals surface area contributed by atoms with Gasteiger partial charge < -0.3 is 0 Å². The summed E-state index contributed by atoms with van der Waals surface area (Å²) in [5, 5.41) is 16.2. The molecule has 0 amide bonds. The number of halogens is 1. The Labute approximate surface area is 158 Å². The first-order valence-electron chi connectivity index (χ1n) is 8.35. The van der Waals surface area contributed by atoms with Crippen LogP contribution in [0.1, 0.15) is 54.8 Å². The number of nitrogens with zero attached hydrogens (tertiary/aromatic N) is 4. The number of fused-ring (bicyclic) bond motifs is 3. The second-order valence-electron chi connectivity index (χ2n) is 6.43. The van der Waals surface area contributed by atoms with Crippen molar-refractivity contribution >= 4 is 39.5 Å². The van der Waals surface area contributed by atoms with E-state index in [0.717, 1.165) is 15.5 Å². The minimum atomic E-state index is 0.254. The molecule has 24 heavy (non-hydrogen) atoms. The van der Waals surface area contributed by atoms with E-state index in [4.69, 9.17) is 0 Å². The van der Waals surface area contributed by atoms with Crippen molar-refractivity contribution in [3.63, 3.8) is 0 Å². The molecule has 0 saturated heterocycles. The number of thioether (sulfide) groups is 2. The van der Waals surface area contributed by atoms with Gasteiger partial charge in [0.05, 0.1) is 0 Å². The highest BCUT2D eigenvalue weighted by Crippen LogP contribution is 2.52. The van der Waals surface area contributed by atoms with Crippen LogP contribution in [0.15, 0.2) is 44.3 Å². The van der Waals surface area contributed by atoms with Crippen molar-refractivity contribution in [1.29, 1.82) is 0 Å². The molecule has 0 spiro atoms. The summed E-state index contributed by atoms with van der Waals surface area (Å²) in [6.45, 7) is 0. The summed E-state index contributed by atoms with van der Waals surface area (Å²) in [6.07, 6.45) is 6.46. The van der Waals surface area contributed by atoms with Crippen LogP contribution in [0.4, 0.5) is 0 Å². The van der Waals surface area contributed by atoms with Crippen molar-refractivity contribution in [2.45, 2.75) is 48.6 Å². The molecular weight excluding hydrogens is 404 g/mol. The van der Waals surface area contributed by atoms with Gasteiger partial charge in [-0.1, -0.05) is 59.1 Å². The van der Waals surface area contributed by atoms with Crippen LogP contribution < -0.4 is 5.01 Å². The Morgan fingerprint density at radius 1 is 1.12 bits per heavy atom. The molecule has 1 atom stereocenters. The van der Waals surface area contributed by atoms with E-state index in [1.165, 1.54) is 42.7 Å². The lowest BCUT2D eigenvalue weighted by Crippen LogP contribution is -2.31. The maximum atomic E-state index is 4.57. The zero-order valence-corrected chi connectivity index (χ0v) is 16.3. The standard InChI is InChI=1S/C17H17BrN4S2/c18-13-8-4-7-12(9-13)16-21-14(10-23-16)24-17-20-19-15(22(17)21)11-5-2-1-3-6-11/h4,7-11,16H,1-3,5-6H2. The molecule has 1 aromatic carbocycles. The first kappa shape index (κ1) is 15.3. The Morgan fingerprint density at radius 3 is 2.83 bits per heavy atom. The number of hydrogen-bond donors (Lipinski definition) is 0. The third-order valence-electron chi connectivity index (χ3n) is 4.90. The fourth-order valence-corrected chi connectivity index (χ4v) is 6.40. The van der Waals surface area contributed by atoms with Crippen molar-refractivity contribution in [3.8, 4) is 0 Å². The van der Waals surface area contributed by atoms with Crippen molar-refractivity contribution < 1.29 is 0 Å². The molecule has 2 aromatic rings. The van der Waals surface area contributed by atoms with Crippen molar-refractivity contribution in [2.75, 3.05) is 5.01 Å². The quantitative estimate of drug-likeness (QED) is 0.651. The van der Waals surface area contributed by atoms with E-state index in [2.05, 4.69) is 65.5 Å². The molecule has 1 aliphatic carbocycles. The van der Waals surface area contributed by atoms with Crippen LogP contribution in [-0.4, -0.2) is 14.9 Å². The fraction of sp³-hybridized carbons (Fsp3) is 0.412. The summed E-state index contributed by atoms with van der Waals surface area (Å²) in [4.78, 5) is 0. The van der Waals surface area contributed by atoms with Crippen LogP contribution in [0.5, 0.6) is 0 Å². The molecule has 0 bridgehead atoms. The summed E-state index contributed by atoms with van der Waals surface area (Å²) >= 11 is 7.20. The molecular formula is C17H17BrN4S2. The molecule has 2 aliphatic heterocycles. The molecule has 7 heteroatoms. The Kier molecular flexibility index (Phi) is 3.90. The molecule has 1 aromatic heterocycles. The summed E-state index contributed by atoms with van der Waals surface area (Å²) < 4.78 is 3.41. The van der Waals surface area contributed by atoms with Crippen molar-refractivity contribution in [1.82, 2.24) is 14.9 Å². The van der Waals surface area contributed by atoms with Gasteiger partial charge in [-0.15, -0.1) is 10.2 Å². The van der Waals surface area contributed by atoms with Gasteiger partial charge in [0.1, 0.15) is 10.4 Å². The molecule has 5 rings (SSSR count). The SMILES string of the molecule is Brc1cccc(C2SC=C3Sc4nnc(C5CCCCC5)n4N32)c1. The van der Waals surface area contributed by atoms with E-state index in [1.54, 1.807) is 11.8 Å².